The Morgan fingerprint density at radius 3 is 2.69 bits per heavy atom. The van der Waals surface area contributed by atoms with Crippen molar-refractivity contribution >= 4 is 29.3 Å². The molecule has 0 unspecified atom stereocenters. The van der Waals surface area contributed by atoms with E-state index < -0.39 is 5.97 Å². The number of anilines is 1. The highest BCUT2D eigenvalue weighted by atomic mass is 35.5. The van der Waals surface area contributed by atoms with Crippen LogP contribution in [0.2, 0.25) is 5.02 Å². The minimum atomic E-state index is -0.449. The molecule has 0 aliphatic carbocycles. The van der Waals surface area contributed by atoms with E-state index in [2.05, 4.69) is 4.74 Å². The summed E-state index contributed by atoms with van der Waals surface area (Å²) in [5.41, 5.74) is 6.70. The molecule has 0 amide bonds. The van der Waals surface area contributed by atoms with Crippen LogP contribution in [0, 0.1) is 0 Å². The lowest BCUT2D eigenvalue weighted by Gasteiger charge is -2.07. The molecular formula is C11H12ClNO3. The molecule has 0 aliphatic heterocycles. The molecule has 0 heterocycles. The van der Waals surface area contributed by atoms with Crippen LogP contribution in [-0.4, -0.2) is 20.2 Å². The summed E-state index contributed by atoms with van der Waals surface area (Å²) in [6.45, 7) is 0. The Morgan fingerprint density at radius 2 is 2.12 bits per heavy atom. The molecule has 0 radical (unpaired) electrons. The van der Waals surface area contributed by atoms with Crippen molar-refractivity contribution in [3.8, 4) is 5.75 Å². The van der Waals surface area contributed by atoms with Crippen LogP contribution in [0.15, 0.2) is 18.2 Å². The van der Waals surface area contributed by atoms with Crippen molar-refractivity contribution in [2.24, 2.45) is 0 Å². The number of esters is 1. The maximum Gasteiger partial charge on any atom is 0.330 e. The van der Waals surface area contributed by atoms with Gasteiger partial charge in [-0.1, -0.05) is 11.6 Å². The number of carbonyl (C=O) groups is 1. The topological polar surface area (TPSA) is 61.5 Å². The molecule has 1 aromatic rings. The zero-order valence-corrected chi connectivity index (χ0v) is 9.75. The van der Waals surface area contributed by atoms with E-state index in [9.17, 15) is 4.79 Å². The predicted molar refractivity (Wildman–Crippen MR) is 63.5 cm³/mol. The lowest BCUT2D eigenvalue weighted by atomic mass is 10.1. The van der Waals surface area contributed by atoms with Crippen LogP contribution in [-0.2, 0) is 9.53 Å². The van der Waals surface area contributed by atoms with E-state index in [1.807, 2.05) is 0 Å². The monoisotopic (exact) mass is 241 g/mol. The number of carbonyl (C=O) groups excluding carboxylic acids is 1. The number of halogens is 1. The Labute approximate surface area is 98.6 Å². The summed E-state index contributed by atoms with van der Waals surface area (Å²) < 4.78 is 9.58. The molecule has 4 nitrogen and oxygen atoms in total. The van der Waals surface area contributed by atoms with Crippen LogP contribution >= 0.6 is 11.6 Å². The van der Waals surface area contributed by atoms with Crippen molar-refractivity contribution < 1.29 is 14.3 Å². The molecule has 0 fully saturated rings. The third-order valence-electron chi connectivity index (χ3n) is 1.95. The highest BCUT2D eigenvalue weighted by Gasteiger charge is 2.05. The smallest absolute Gasteiger partial charge is 0.330 e. The lowest BCUT2D eigenvalue weighted by Crippen LogP contribution is -1.95. The van der Waals surface area contributed by atoms with E-state index >= 15 is 0 Å². The fourth-order valence-electron chi connectivity index (χ4n) is 1.12. The van der Waals surface area contributed by atoms with E-state index in [1.165, 1.54) is 20.3 Å². The molecule has 1 aromatic carbocycles. The summed E-state index contributed by atoms with van der Waals surface area (Å²) >= 11 is 5.86. The van der Waals surface area contributed by atoms with Crippen LogP contribution < -0.4 is 10.5 Å². The van der Waals surface area contributed by atoms with E-state index in [-0.39, 0.29) is 0 Å². The van der Waals surface area contributed by atoms with Crippen molar-refractivity contribution in [1.82, 2.24) is 0 Å². The molecule has 1 rings (SSSR count). The molecule has 0 atom stereocenters. The average molecular weight is 242 g/mol. The zero-order chi connectivity index (χ0) is 12.1. The second-order valence-corrected chi connectivity index (χ2v) is 3.38. The average Bonchev–Trinajstić information content (AvgIpc) is 2.29. The molecule has 0 saturated heterocycles. The highest BCUT2D eigenvalue weighted by Crippen LogP contribution is 2.29. The summed E-state index contributed by atoms with van der Waals surface area (Å²) in [6, 6.07) is 3.22. The van der Waals surface area contributed by atoms with Gasteiger partial charge in [-0.05, 0) is 12.1 Å². The van der Waals surface area contributed by atoms with Crippen LogP contribution in [0.1, 0.15) is 5.56 Å². The van der Waals surface area contributed by atoms with Crippen molar-refractivity contribution in [3.05, 3.63) is 28.8 Å². The maximum absolute atomic E-state index is 10.9. The van der Waals surface area contributed by atoms with Gasteiger partial charge in [-0.3, -0.25) is 0 Å². The molecule has 86 valence electrons. The summed E-state index contributed by atoms with van der Waals surface area (Å²) in [7, 11) is 2.82. The summed E-state index contributed by atoms with van der Waals surface area (Å²) in [4.78, 5) is 10.9. The number of ether oxygens (including phenoxy) is 2. The van der Waals surface area contributed by atoms with Crippen molar-refractivity contribution in [1.29, 1.82) is 0 Å². The van der Waals surface area contributed by atoms with E-state index in [1.54, 1.807) is 18.2 Å². The number of methoxy groups -OCH3 is 2. The third-order valence-corrected chi connectivity index (χ3v) is 2.28. The minimum Gasteiger partial charge on any atom is -0.496 e. The van der Waals surface area contributed by atoms with Crippen LogP contribution in [0.5, 0.6) is 5.75 Å². The molecule has 0 aromatic heterocycles. The van der Waals surface area contributed by atoms with Gasteiger partial charge in [0.1, 0.15) is 5.75 Å². The zero-order valence-electron chi connectivity index (χ0n) is 8.99. The summed E-state index contributed by atoms with van der Waals surface area (Å²) in [5.74, 6) is 0.0945. The molecule has 5 heteroatoms. The Kier molecular flexibility index (Phi) is 4.19. The first-order chi connectivity index (χ1) is 7.58. The van der Waals surface area contributed by atoms with E-state index in [4.69, 9.17) is 22.1 Å². The van der Waals surface area contributed by atoms with Gasteiger partial charge in [0.2, 0.25) is 0 Å². The molecule has 2 N–H and O–H groups in total. The second kappa shape index (κ2) is 5.42. The van der Waals surface area contributed by atoms with Gasteiger partial charge in [-0.25, -0.2) is 4.79 Å². The van der Waals surface area contributed by atoms with Crippen LogP contribution in [0.25, 0.3) is 6.08 Å². The van der Waals surface area contributed by atoms with Gasteiger partial charge < -0.3 is 15.2 Å². The third kappa shape index (κ3) is 2.90. The first-order valence-electron chi connectivity index (χ1n) is 4.47. The number of hydrogen-bond donors (Lipinski definition) is 1. The van der Waals surface area contributed by atoms with Gasteiger partial charge in [0, 0.05) is 17.7 Å². The highest BCUT2D eigenvalue weighted by molar-refractivity contribution is 6.33. The van der Waals surface area contributed by atoms with Crippen molar-refractivity contribution in [2.45, 2.75) is 0 Å². The molecule has 0 aliphatic rings. The SMILES string of the molecule is COC(=O)/C=C/c1cc(Cl)c(N)cc1OC. The molecule has 0 bridgehead atoms. The van der Waals surface area contributed by atoms with Gasteiger partial charge >= 0.3 is 5.97 Å². The van der Waals surface area contributed by atoms with Crippen molar-refractivity contribution in [2.75, 3.05) is 20.0 Å². The predicted octanol–water partition coefficient (Wildman–Crippen LogP) is 2.12. The molecule has 0 saturated carbocycles. The van der Waals surface area contributed by atoms with Gasteiger partial charge in [-0.15, -0.1) is 0 Å². The Morgan fingerprint density at radius 1 is 1.44 bits per heavy atom. The van der Waals surface area contributed by atoms with Crippen LogP contribution in [0.4, 0.5) is 5.69 Å². The van der Waals surface area contributed by atoms with Gasteiger partial charge in [-0.2, -0.15) is 0 Å². The van der Waals surface area contributed by atoms with Crippen LogP contribution in [0.3, 0.4) is 0 Å². The van der Waals surface area contributed by atoms with Gasteiger partial charge in [0.15, 0.2) is 0 Å². The second-order valence-electron chi connectivity index (χ2n) is 2.97. The molecular weight excluding hydrogens is 230 g/mol. The standard InChI is InChI=1S/C11H12ClNO3/c1-15-10-6-9(13)8(12)5-7(10)3-4-11(14)16-2/h3-6H,13H2,1-2H3/b4-3+. The lowest BCUT2D eigenvalue weighted by molar-refractivity contribution is -0.134. The first kappa shape index (κ1) is 12.4. The summed E-state index contributed by atoms with van der Waals surface area (Å²) in [6.07, 6.45) is 2.83. The maximum atomic E-state index is 10.9. The van der Waals surface area contributed by atoms with Crippen molar-refractivity contribution in [3.63, 3.8) is 0 Å². The number of benzene rings is 1. The summed E-state index contributed by atoms with van der Waals surface area (Å²) in [5, 5.41) is 0.408. The van der Waals surface area contributed by atoms with E-state index in [0.29, 0.717) is 22.0 Å². The van der Waals surface area contributed by atoms with E-state index in [0.717, 1.165) is 0 Å². The van der Waals surface area contributed by atoms with Gasteiger partial charge in [0.05, 0.1) is 24.9 Å². The minimum absolute atomic E-state index is 0.408. The number of nitrogen functional groups attached to an aromatic ring is 1. The Hall–Kier alpha value is -1.68. The Bertz CT molecular complexity index is 429. The Balaban J connectivity index is 3.07. The quantitative estimate of drug-likeness (QED) is 0.500. The fourth-order valence-corrected chi connectivity index (χ4v) is 1.29. The first-order valence-corrected chi connectivity index (χ1v) is 4.85. The fraction of sp³-hybridized carbons (Fsp3) is 0.182. The number of hydrogen-bond acceptors (Lipinski definition) is 4. The largest absolute Gasteiger partial charge is 0.496 e. The number of nitrogens with two attached hydrogens (primary N) is 1. The number of rotatable bonds is 3. The molecule has 0 spiro atoms. The van der Waals surface area contributed by atoms with Gasteiger partial charge in [0.25, 0.3) is 0 Å². The normalized spacial score (nSPS) is 10.4. The molecule has 16 heavy (non-hydrogen) atoms.